The highest BCUT2D eigenvalue weighted by Crippen LogP contribution is 2.39. The topological polar surface area (TPSA) is 38.5 Å². The van der Waals surface area contributed by atoms with Gasteiger partial charge in [-0.05, 0) is 56.3 Å². The van der Waals surface area contributed by atoms with Gasteiger partial charge in [0.1, 0.15) is 5.75 Å². The maximum absolute atomic E-state index is 6.42. The van der Waals surface area contributed by atoms with E-state index in [1.54, 1.807) is 7.11 Å². The van der Waals surface area contributed by atoms with E-state index in [0.29, 0.717) is 18.0 Å². The van der Waals surface area contributed by atoms with Crippen LogP contribution >= 0.6 is 0 Å². The molecule has 2 fully saturated rings. The Hall–Kier alpha value is -1.06. The Balaban J connectivity index is 1.77. The molecule has 3 heteroatoms. The number of hydrogen-bond donors (Lipinski definition) is 1. The zero-order valence-corrected chi connectivity index (χ0v) is 11.9. The minimum absolute atomic E-state index is 0.347. The van der Waals surface area contributed by atoms with E-state index in [1.807, 2.05) is 6.07 Å². The molecule has 104 valence electrons. The number of hydrogen-bond acceptors (Lipinski definition) is 3. The molecule has 0 amide bonds. The van der Waals surface area contributed by atoms with Crippen LogP contribution < -0.4 is 10.5 Å². The van der Waals surface area contributed by atoms with Crippen LogP contribution in [0.5, 0.6) is 5.75 Å². The summed E-state index contributed by atoms with van der Waals surface area (Å²) in [7, 11) is 3.99. The van der Waals surface area contributed by atoms with Crippen LogP contribution in [0, 0.1) is 5.92 Å². The van der Waals surface area contributed by atoms with Crippen molar-refractivity contribution in [1.29, 1.82) is 0 Å². The van der Waals surface area contributed by atoms with E-state index in [-0.39, 0.29) is 0 Å². The Kier molecular flexibility index (Phi) is 3.50. The summed E-state index contributed by atoms with van der Waals surface area (Å²) in [5.74, 6) is 1.52. The molecular formula is C16H24N2O. The molecule has 2 bridgehead atoms. The minimum Gasteiger partial charge on any atom is -0.497 e. The van der Waals surface area contributed by atoms with E-state index in [9.17, 15) is 0 Å². The van der Waals surface area contributed by atoms with Crippen LogP contribution in [-0.2, 0) is 6.42 Å². The summed E-state index contributed by atoms with van der Waals surface area (Å²) < 4.78 is 5.31. The lowest BCUT2D eigenvalue weighted by Crippen LogP contribution is -2.53. The van der Waals surface area contributed by atoms with Crippen molar-refractivity contribution >= 4 is 0 Å². The fourth-order valence-corrected chi connectivity index (χ4v) is 3.97. The van der Waals surface area contributed by atoms with E-state index in [0.717, 1.165) is 24.6 Å². The second-order valence-electron chi connectivity index (χ2n) is 6.08. The first-order valence-corrected chi connectivity index (χ1v) is 7.29. The molecule has 3 nitrogen and oxygen atoms in total. The molecule has 2 N–H and O–H groups in total. The van der Waals surface area contributed by atoms with Crippen LogP contribution in [0.2, 0.25) is 0 Å². The maximum atomic E-state index is 6.42. The van der Waals surface area contributed by atoms with Gasteiger partial charge in [0.25, 0.3) is 0 Å². The molecule has 2 heterocycles. The Morgan fingerprint density at radius 2 is 2.21 bits per heavy atom. The van der Waals surface area contributed by atoms with Gasteiger partial charge in [-0.15, -0.1) is 0 Å². The predicted octanol–water partition coefficient (Wildman–Crippen LogP) is 2.05. The monoisotopic (exact) mass is 260 g/mol. The van der Waals surface area contributed by atoms with Gasteiger partial charge in [0, 0.05) is 18.1 Å². The molecule has 0 aromatic heterocycles. The molecule has 2 aliphatic heterocycles. The van der Waals surface area contributed by atoms with Crippen LogP contribution in [0.15, 0.2) is 24.3 Å². The van der Waals surface area contributed by atoms with Crippen molar-refractivity contribution in [3.8, 4) is 5.75 Å². The average Bonchev–Trinajstić information content (AvgIpc) is 2.68. The molecule has 0 spiro atoms. The Labute approximate surface area is 115 Å². The lowest BCUT2D eigenvalue weighted by atomic mass is 9.82. The first-order chi connectivity index (χ1) is 9.19. The molecule has 3 rings (SSSR count). The van der Waals surface area contributed by atoms with E-state index in [1.165, 1.54) is 18.4 Å². The first kappa shape index (κ1) is 12.9. The number of nitrogens with zero attached hydrogens (tertiary/aromatic N) is 1. The van der Waals surface area contributed by atoms with E-state index < -0.39 is 0 Å². The maximum Gasteiger partial charge on any atom is 0.119 e. The van der Waals surface area contributed by atoms with Gasteiger partial charge in [0.05, 0.1) is 7.11 Å². The number of rotatable bonds is 3. The van der Waals surface area contributed by atoms with Gasteiger partial charge >= 0.3 is 0 Å². The largest absolute Gasteiger partial charge is 0.497 e. The van der Waals surface area contributed by atoms with Crippen molar-refractivity contribution in [2.24, 2.45) is 11.7 Å². The third kappa shape index (κ3) is 2.37. The standard InChI is InChI=1S/C16H24N2O/c1-18-12-6-7-16(18)14(15(17)10-12)9-11-4-3-5-13(8-11)19-2/h3-5,8,12,14-16H,6-7,9-10,17H2,1-2H3. The second kappa shape index (κ2) is 5.14. The molecule has 1 aromatic carbocycles. The normalized spacial score (nSPS) is 34.5. The van der Waals surface area contributed by atoms with Crippen molar-refractivity contribution < 1.29 is 4.74 Å². The van der Waals surface area contributed by atoms with Gasteiger partial charge in [-0.1, -0.05) is 12.1 Å². The van der Waals surface area contributed by atoms with Gasteiger partial charge in [-0.25, -0.2) is 0 Å². The summed E-state index contributed by atoms with van der Waals surface area (Å²) in [6.45, 7) is 0. The fraction of sp³-hybridized carbons (Fsp3) is 0.625. The molecule has 19 heavy (non-hydrogen) atoms. The molecule has 4 atom stereocenters. The number of benzene rings is 1. The molecule has 0 radical (unpaired) electrons. The van der Waals surface area contributed by atoms with E-state index in [4.69, 9.17) is 10.5 Å². The number of nitrogens with two attached hydrogens (primary N) is 1. The van der Waals surface area contributed by atoms with Crippen LogP contribution in [0.1, 0.15) is 24.8 Å². The highest BCUT2D eigenvalue weighted by Gasteiger charge is 2.43. The lowest BCUT2D eigenvalue weighted by molar-refractivity contribution is 0.102. The highest BCUT2D eigenvalue weighted by molar-refractivity contribution is 5.29. The number of piperidine rings is 1. The van der Waals surface area contributed by atoms with Crippen LogP contribution in [-0.4, -0.2) is 37.2 Å². The van der Waals surface area contributed by atoms with E-state index >= 15 is 0 Å². The zero-order valence-electron chi connectivity index (χ0n) is 11.9. The molecule has 0 saturated carbocycles. The lowest BCUT2D eigenvalue weighted by Gasteiger charge is -2.41. The SMILES string of the molecule is COc1cccc(CC2C(N)CC3CCC2N3C)c1. The average molecular weight is 260 g/mol. The predicted molar refractivity (Wildman–Crippen MR) is 77.4 cm³/mol. The summed E-state index contributed by atoms with van der Waals surface area (Å²) in [6.07, 6.45) is 4.86. The van der Waals surface area contributed by atoms with Crippen molar-refractivity contribution in [2.45, 2.75) is 43.8 Å². The number of ether oxygens (including phenoxy) is 1. The van der Waals surface area contributed by atoms with Crippen molar-refractivity contribution in [1.82, 2.24) is 4.90 Å². The van der Waals surface area contributed by atoms with Crippen LogP contribution in [0.25, 0.3) is 0 Å². The molecule has 0 aliphatic carbocycles. The zero-order chi connectivity index (χ0) is 13.4. The summed E-state index contributed by atoms with van der Waals surface area (Å²) in [4.78, 5) is 2.56. The summed E-state index contributed by atoms with van der Waals surface area (Å²) in [6, 6.07) is 10.1. The number of fused-ring (bicyclic) bond motifs is 2. The molecule has 2 aliphatic rings. The minimum atomic E-state index is 0.347. The van der Waals surface area contributed by atoms with Crippen molar-refractivity contribution in [3.63, 3.8) is 0 Å². The summed E-state index contributed by atoms with van der Waals surface area (Å²) in [5.41, 5.74) is 7.77. The molecule has 2 saturated heterocycles. The smallest absolute Gasteiger partial charge is 0.119 e. The first-order valence-electron chi connectivity index (χ1n) is 7.29. The highest BCUT2D eigenvalue weighted by atomic mass is 16.5. The van der Waals surface area contributed by atoms with Gasteiger partial charge in [-0.3, -0.25) is 0 Å². The quantitative estimate of drug-likeness (QED) is 0.904. The van der Waals surface area contributed by atoms with Gasteiger partial charge in [0.2, 0.25) is 0 Å². The fourth-order valence-electron chi connectivity index (χ4n) is 3.97. The molecule has 1 aromatic rings. The Morgan fingerprint density at radius 1 is 1.37 bits per heavy atom. The van der Waals surface area contributed by atoms with E-state index in [2.05, 4.69) is 30.1 Å². The number of methoxy groups -OCH3 is 1. The Morgan fingerprint density at radius 3 is 3.00 bits per heavy atom. The second-order valence-corrected chi connectivity index (χ2v) is 6.08. The van der Waals surface area contributed by atoms with Crippen molar-refractivity contribution in [3.05, 3.63) is 29.8 Å². The van der Waals surface area contributed by atoms with Gasteiger partial charge < -0.3 is 15.4 Å². The summed E-state index contributed by atoms with van der Waals surface area (Å²) >= 11 is 0. The van der Waals surface area contributed by atoms with Gasteiger partial charge in [0.15, 0.2) is 0 Å². The molecular weight excluding hydrogens is 236 g/mol. The van der Waals surface area contributed by atoms with Crippen LogP contribution in [0.3, 0.4) is 0 Å². The third-order valence-corrected chi connectivity index (χ3v) is 5.09. The summed E-state index contributed by atoms with van der Waals surface area (Å²) in [5, 5.41) is 0. The third-order valence-electron chi connectivity index (χ3n) is 5.09. The van der Waals surface area contributed by atoms with Crippen molar-refractivity contribution in [2.75, 3.05) is 14.2 Å². The van der Waals surface area contributed by atoms with Crippen LogP contribution in [0.4, 0.5) is 0 Å². The molecule has 4 unspecified atom stereocenters. The van der Waals surface area contributed by atoms with Gasteiger partial charge in [-0.2, -0.15) is 0 Å². The Bertz CT molecular complexity index is 448.